The molecule has 9 heteroatoms. The van der Waals surface area contributed by atoms with Gasteiger partial charge in [-0.3, -0.25) is 4.90 Å². The molecule has 0 amide bonds. The lowest BCUT2D eigenvalue weighted by Gasteiger charge is -2.42. The normalized spacial score (nSPS) is 25.5. The molecule has 1 unspecified atom stereocenters. The molecule has 22 heavy (non-hydrogen) atoms. The molecule has 3 rings (SSSR count). The van der Waals surface area contributed by atoms with Crippen molar-refractivity contribution in [2.75, 3.05) is 51.2 Å². The van der Waals surface area contributed by atoms with E-state index in [9.17, 15) is 8.42 Å². The fourth-order valence-corrected chi connectivity index (χ4v) is 4.83. The summed E-state index contributed by atoms with van der Waals surface area (Å²) < 4.78 is 22.8. The number of sulfonamides is 1. The van der Waals surface area contributed by atoms with Crippen molar-refractivity contribution >= 4 is 26.5 Å². The Morgan fingerprint density at radius 3 is 2.59 bits per heavy atom. The summed E-state index contributed by atoms with van der Waals surface area (Å²) in [5.41, 5.74) is 0. The van der Waals surface area contributed by atoms with Crippen LogP contribution in [-0.2, 0) is 10.0 Å². The largest absolute Gasteiger partial charge is 0.345 e. The van der Waals surface area contributed by atoms with Gasteiger partial charge in [-0.05, 0) is 26.4 Å². The van der Waals surface area contributed by atoms with Gasteiger partial charge in [0.1, 0.15) is 0 Å². The highest BCUT2D eigenvalue weighted by molar-refractivity contribution is 7.91. The first-order chi connectivity index (χ1) is 10.4. The number of anilines is 1. The van der Waals surface area contributed by atoms with Crippen molar-refractivity contribution in [2.45, 2.75) is 23.1 Å². The van der Waals surface area contributed by atoms with E-state index in [-0.39, 0.29) is 4.21 Å². The van der Waals surface area contributed by atoms with Crippen LogP contribution in [0.2, 0.25) is 0 Å². The Morgan fingerprint density at radius 2 is 2.00 bits per heavy atom. The maximum Gasteiger partial charge on any atom is 0.249 e. The quantitative estimate of drug-likeness (QED) is 0.831. The van der Waals surface area contributed by atoms with Crippen molar-refractivity contribution in [3.8, 4) is 0 Å². The van der Waals surface area contributed by atoms with E-state index >= 15 is 0 Å². The fourth-order valence-electron chi connectivity index (χ4n) is 3.24. The molecule has 0 radical (unpaired) electrons. The molecule has 2 N–H and O–H groups in total. The van der Waals surface area contributed by atoms with Crippen molar-refractivity contribution in [2.24, 2.45) is 5.14 Å². The molecular formula is C13H23N5O2S2. The molecule has 1 aromatic heterocycles. The van der Waals surface area contributed by atoms with Gasteiger partial charge in [-0.2, -0.15) is 0 Å². The summed E-state index contributed by atoms with van der Waals surface area (Å²) in [6.45, 7) is 6.12. The number of likely N-dealkylation sites (tertiary alicyclic amines) is 1. The fraction of sp³-hybridized carbons (Fsp3) is 0.769. The number of hydrogen-bond acceptors (Lipinski definition) is 7. The first kappa shape index (κ1) is 16.1. The van der Waals surface area contributed by atoms with Crippen molar-refractivity contribution in [1.82, 2.24) is 14.8 Å². The third kappa shape index (κ3) is 3.60. The van der Waals surface area contributed by atoms with Gasteiger partial charge in [-0.15, -0.1) is 0 Å². The summed E-state index contributed by atoms with van der Waals surface area (Å²) >= 11 is 1.16. The average molecular weight is 345 g/mol. The molecule has 2 saturated heterocycles. The zero-order chi connectivity index (χ0) is 15.7. The molecule has 0 aromatic carbocycles. The molecule has 0 bridgehead atoms. The predicted octanol–water partition coefficient (Wildman–Crippen LogP) is 0.00670. The highest BCUT2D eigenvalue weighted by atomic mass is 32.2. The molecule has 0 spiro atoms. The second kappa shape index (κ2) is 6.40. The molecule has 2 fully saturated rings. The first-order valence-corrected chi connectivity index (χ1v) is 9.96. The van der Waals surface area contributed by atoms with Crippen molar-refractivity contribution in [3.05, 3.63) is 6.20 Å². The minimum absolute atomic E-state index is 0.138. The monoisotopic (exact) mass is 345 g/mol. The van der Waals surface area contributed by atoms with E-state index in [0.29, 0.717) is 6.04 Å². The Labute approximate surface area is 135 Å². The molecule has 7 nitrogen and oxygen atoms in total. The third-order valence-electron chi connectivity index (χ3n) is 4.45. The Kier molecular flexibility index (Phi) is 4.69. The van der Waals surface area contributed by atoms with Crippen LogP contribution >= 0.6 is 11.3 Å². The number of primary sulfonamides is 1. The lowest BCUT2D eigenvalue weighted by atomic mass is 10.0. The Bertz CT molecular complexity index is 610. The first-order valence-electron chi connectivity index (χ1n) is 7.59. The number of aromatic nitrogens is 1. The van der Waals surface area contributed by atoms with E-state index < -0.39 is 10.0 Å². The number of piperidine rings is 1. The second-order valence-electron chi connectivity index (χ2n) is 6.09. The summed E-state index contributed by atoms with van der Waals surface area (Å²) in [7, 11) is -1.45. The maximum atomic E-state index is 11.3. The van der Waals surface area contributed by atoms with Crippen LogP contribution in [0.1, 0.15) is 12.8 Å². The van der Waals surface area contributed by atoms with E-state index in [2.05, 4.69) is 26.7 Å². The lowest BCUT2D eigenvalue weighted by Crippen LogP contribution is -2.54. The average Bonchev–Trinajstić information content (AvgIpc) is 2.97. The Morgan fingerprint density at radius 1 is 1.27 bits per heavy atom. The second-order valence-corrected chi connectivity index (χ2v) is 8.89. The van der Waals surface area contributed by atoms with E-state index in [4.69, 9.17) is 5.14 Å². The molecule has 1 aromatic rings. The summed E-state index contributed by atoms with van der Waals surface area (Å²) in [5, 5.41) is 5.90. The van der Waals surface area contributed by atoms with Crippen LogP contribution in [0.5, 0.6) is 0 Å². The summed E-state index contributed by atoms with van der Waals surface area (Å²) in [5.74, 6) is 0. The third-order valence-corrected chi connectivity index (χ3v) is 6.92. The molecule has 2 aliphatic rings. The van der Waals surface area contributed by atoms with Gasteiger partial charge in [-0.1, -0.05) is 11.3 Å². The zero-order valence-electron chi connectivity index (χ0n) is 12.8. The SMILES string of the molecule is CN1CCCC(N2CCN(c3ncc(S(N)(=O)=O)s3)CC2)C1. The van der Waals surface area contributed by atoms with Crippen molar-refractivity contribution in [1.29, 1.82) is 0 Å². The van der Waals surface area contributed by atoms with Gasteiger partial charge in [0.05, 0.1) is 6.20 Å². The van der Waals surface area contributed by atoms with Gasteiger partial charge in [0.25, 0.3) is 0 Å². The van der Waals surface area contributed by atoms with Crippen LogP contribution in [0, 0.1) is 0 Å². The predicted molar refractivity (Wildman–Crippen MR) is 87.8 cm³/mol. The summed E-state index contributed by atoms with van der Waals surface area (Å²) in [4.78, 5) is 11.3. The highest BCUT2D eigenvalue weighted by Crippen LogP contribution is 2.27. The van der Waals surface area contributed by atoms with E-state index in [1.165, 1.54) is 25.6 Å². The zero-order valence-corrected chi connectivity index (χ0v) is 14.4. The highest BCUT2D eigenvalue weighted by Gasteiger charge is 2.28. The number of piperazine rings is 1. The van der Waals surface area contributed by atoms with Crippen LogP contribution in [0.25, 0.3) is 0 Å². The van der Waals surface area contributed by atoms with Gasteiger partial charge < -0.3 is 9.80 Å². The Balaban J connectivity index is 1.58. The number of likely N-dealkylation sites (N-methyl/N-ethyl adjacent to an activating group) is 1. The van der Waals surface area contributed by atoms with Crippen molar-refractivity contribution < 1.29 is 8.42 Å². The van der Waals surface area contributed by atoms with Crippen LogP contribution in [0.3, 0.4) is 0 Å². The minimum atomic E-state index is -3.64. The maximum absolute atomic E-state index is 11.3. The van der Waals surface area contributed by atoms with Gasteiger partial charge in [0.15, 0.2) is 9.34 Å². The van der Waals surface area contributed by atoms with Crippen molar-refractivity contribution in [3.63, 3.8) is 0 Å². The number of nitrogens with two attached hydrogens (primary N) is 1. The van der Waals surface area contributed by atoms with Gasteiger partial charge in [0, 0.05) is 38.8 Å². The van der Waals surface area contributed by atoms with Gasteiger partial charge in [-0.25, -0.2) is 18.5 Å². The topological polar surface area (TPSA) is 82.8 Å². The molecule has 124 valence electrons. The number of rotatable bonds is 3. The smallest absolute Gasteiger partial charge is 0.249 e. The van der Waals surface area contributed by atoms with Gasteiger partial charge in [0.2, 0.25) is 10.0 Å². The van der Waals surface area contributed by atoms with E-state index in [0.717, 1.165) is 49.2 Å². The minimum Gasteiger partial charge on any atom is -0.345 e. The van der Waals surface area contributed by atoms with E-state index in [1.807, 2.05) is 0 Å². The summed E-state index contributed by atoms with van der Waals surface area (Å²) in [6, 6.07) is 0.650. The number of thiazole rings is 1. The molecule has 1 atom stereocenters. The Hall–Kier alpha value is -0.740. The summed E-state index contributed by atoms with van der Waals surface area (Å²) in [6.07, 6.45) is 3.90. The lowest BCUT2D eigenvalue weighted by molar-refractivity contribution is 0.106. The molecule has 3 heterocycles. The molecule has 0 aliphatic carbocycles. The van der Waals surface area contributed by atoms with Gasteiger partial charge >= 0.3 is 0 Å². The van der Waals surface area contributed by atoms with E-state index in [1.54, 1.807) is 0 Å². The standard InChI is InChI=1S/C13H23N5O2S2/c1-16-4-2-3-11(10-16)17-5-7-18(8-6-17)13-15-9-12(21-13)22(14,19)20/h9,11H,2-8,10H2,1H3,(H2,14,19,20). The molecule has 0 saturated carbocycles. The number of nitrogens with zero attached hydrogens (tertiary/aromatic N) is 4. The van der Waals surface area contributed by atoms with Crippen LogP contribution in [-0.4, -0.2) is 75.6 Å². The molecular weight excluding hydrogens is 322 g/mol. The van der Waals surface area contributed by atoms with Crippen LogP contribution < -0.4 is 10.0 Å². The van der Waals surface area contributed by atoms with Crippen LogP contribution in [0.4, 0.5) is 5.13 Å². The number of hydrogen-bond donors (Lipinski definition) is 1. The molecule has 2 aliphatic heterocycles. The van der Waals surface area contributed by atoms with Crippen LogP contribution in [0.15, 0.2) is 10.4 Å².